The number of rotatable bonds is 1. The molecule has 214 valence electrons. The first-order valence-electron chi connectivity index (χ1n) is 13.8. The van der Waals surface area contributed by atoms with E-state index in [0.717, 1.165) is 16.3 Å². The molecule has 1 aromatic heterocycles. The molecule has 40 heavy (non-hydrogen) atoms. The normalized spacial score (nSPS) is 27.2. The Hall–Kier alpha value is -3.79. The van der Waals surface area contributed by atoms with E-state index in [4.69, 9.17) is 4.74 Å². The van der Waals surface area contributed by atoms with Crippen LogP contribution in [-0.2, 0) is 23.9 Å². The zero-order valence-electron chi connectivity index (χ0n) is 24.0. The van der Waals surface area contributed by atoms with Crippen molar-refractivity contribution in [2.45, 2.75) is 78.6 Å². The first-order valence-corrected chi connectivity index (χ1v) is 13.8. The minimum atomic E-state index is -1.09. The number of aromatic nitrogens is 1. The number of carbonyl (C=O) groups is 4. The molecule has 2 aromatic rings. The Morgan fingerprint density at radius 3 is 2.45 bits per heavy atom. The Balaban J connectivity index is 1.70. The number of nitrogens with one attached hydrogen (secondary N) is 3. The molecule has 5 bridgehead atoms. The maximum absolute atomic E-state index is 13.2. The highest BCUT2D eigenvalue weighted by atomic mass is 16.5. The van der Waals surface area contributed by atoms with Crippen molar-refractivity contribution < 1.29 is 23.9 Å². The summed E-state index contributed by atoms with van der Waals surface area (Å²) in [5, 5.41) is 9.03. The Morgan fingerprint density at radius 1 is 1.00 bits per heavy atom. The second kappa shape index (κ2) is 11.8. The van der Waals surface area contributed by atoms with Crippen LogP contribution in [0.15, 0.2) is 36.5 Å². The van der Waals surface area contributed by atoms with Crippen molar-refractivity contribution in [2.24, 2.45) is 11.3 Å². The fraction of sp³-hybridized carbons (Fsp3) is 0.500. The summed E-state index contributed by atoms with van der Waals surface area (Å²) in [4.78, 5) is 57.2. The first-order chi connectivity index (χ1) is 18.9. The van der Waals surface area contributed by atoms with Crippen LogP contribution < -0.4 is 16.1 Å². The summed E-state index contributed by atoms with van der Waals surface area (Å²) in [6.07, 6.45) is 5.35. The number of carbonyl (C=O) groups excluding carboxylic acids is 4. The van der Waals surface area contributed by atoms with E-state index in [1.54, 1.807) is 53.0 Å². The Morgan fingerprint density at radius 2 is 1.73 bits per heavy atom. The number of hydrogen-bond acceptors (Lipinski definition) is 7. The van der Waals surface area contributed by atoms with Crippen molar-refractivity contribution in [3.05, 3.63) is 47.8 Å². The minimum absolute atomic E-state index is 0.208. The molecule has 1 fully saturated rings. The minimum Gasteiger partial charge on any atom is -0.451 e. The van der Waals surface area contributed by atoms with Crippen molar-refractivity contribution in [2.75, 3.05) is 6.54 Å². The number of hydrazine groups is 1. The third-order valence-electron chi connectivity index (χ3n) is 7.42. The molecule has 2 aliphatic rings. The Labute approximate surface area is 234 Å². The van der Waals surface area contributed by atoms with Crippen LogP contribution in [0, 0.1) is 11.3 Å². The average Bonchev–Trinajstić information content (AvgIpc) is 2.92. The smallest absolute Gasteiger partial charge is 0.316 e. The zero-order chi connectivity index (χ0) is 29.2. The predicted octanol–water partition coefficient (Wildman–Crippen LogP) is 3.03. The average molecular weight is 550 g/mol. The summed E-state index contributed by atoms with van der Waals surface area (Å²) in [6, 6.07) is 6.09. The Kier molecular flexibility index (Phi) is 8.58. The first kappa shape index (κ1) is 29.2. The van der Waals surface area contributed by atoms with E-state index >= 15 is 0 Å². The number of esters is 1. The van der Waals surface area contributed by atoms with Gasteiger partial charge in [-0.05, 0) is 75.6 Å². The molecule has 3 heterocycles. The van der Waals surface area contributed by atoms with Crippen LogP contribution in [0.25, 0.3) is 16.8 Å². The van der Waals surface area contributed by atoms with Gasteiger partial charge in [-0.25, -0.2) is 5.43 Å². The van der Waals surface area contributed by atoms with Crippen molar-refractivity contribution in [3.63, 3.8) is 0 Å². The monoisotopic (exact) mass is 549 g/mol. The fourth-order valence-electron chi connectivity index (χ4n) is 4.78. The summed E-state index contributed by atoms with van der Waals surface area (Å²) in [6.45, 7) is 10.9. The lowest BCUT2D eigenvalue weighted by Crippen LogP contribution is -2.61. The lowest BCUT2D eigenvalue weighted by atomic mass is 9.92. The molecule has 4 atom stereocenters. The van der Waals surface area contributed by atoms with Crippen LogP contribution in [0.1, 0.15) is 71.7 Å². The number of fused-ring (bicyclic) bond motifs is 4. The Bertz CT molecular complexity index is 1340. The third-order valence-corrected chi connectivity index (χ3v) is 7.42. The molecule has 0 spiro atoms. The van der Waals surface area contributed by atoms with E-state index in [9.17, 15) is 19.2 Å². The molecule has 0 saturated carbocycles. The topological polar surface area (TPSA) is 130 Å². The highest BCUT2D eigenvalue weighted by Gasteiger charge is 2.36. The number of cyclic esters (lactones) is 1. The highest BCUT2D eigenvalue weighted by Crippen LogP contribution is 2.25. The molecule has 4 rings (SSSR count). The maximum Gasteiger partial charge on any atom is 0.316 e. The van der Waals surface area contributed by atoms with Crippen molar-refractivity contribution in [1.82, 2.24) is 26.1 Å². The van der Waals surface area contributed by atoms with Gasteiger partial charge in [-0.3, -0.25) is 29.2 Å². The molecule has 2 aliphatic heterocycles. The van der Waals surface area contributed by atoms with Crippen LogP contribution in [0.2, 0.25) is 0 Å². The van der Waals surface area contributed by atoms with Crippen LogP contribution >= 0.6 is 0 Å². The number of benzene rings is 1. The highest BCUT2D eigenvalue weighted by molar-refractivity contribution is 5.91. The van der Waals surface area contributed by atoms with E-state index in [-0.39, 0.29) is 23.8 Å². The van der Waals surface area contributed by atoms with Gasteiger partial charge in [0.1, 0.15) is 12.1 Å². The fourth-order valence-corrected chi connectivity index (χ4v) is 4.78. The van der Waals surface area contributed by atoms with E-state index in [0.29, 0.717) is 25.1 Å². The maximum atomic E-state index is 13.2. The van der Waals surface area contributed by atoms with Gasteiger partial charge >= 0.3 is 5.97 Å². The standard InChI is InChI=1S/C30H39N5O5/c1-17(2)25-27(37)33-19(4)28(38)35-13-7-8-24(34-35)26(36)32-18(3)20-9-10-21-16-31-23(15-22(21)14-20)11-12-30(5,6)29(39)40-25/h9-12,14-19,24-25,34H,7-8,13H2,1-6H3,(H,32,36)(H,33,37)/b12-11+/t18-,19+,24+,25?/m1/s1. The van der Waals surface area contributed by atoms with Crippen LogP contribution in [0.4, 0.5) is 0 Å². The van der Waals surface area contributed by atoms with Crippen LogP contribution in [-0.4, -0.2) is 58.4 Å². The van der Waals surface area contributed by atoms with Gasteiger partial charge in [0, 0.05) is 18.1 Å². The largest absolute Gasteiger partial charge is 0.451 e. The van der Waals surface area contributed by atoms with E-state index in [1.807, 2.05) is 31.2 Å². The SMILES string of the molecule is CC(C)C1OC(=O)C(C)(C)/C=C/c2cc3cc(ccc3cn2)[C@@H](C)NC(=O)[C@@H]2CCCN(N2)C(=O)[C@H](C)NC1=O. The van der Waals surface area contributed by atoms with Crippen molar-refractivity contribution in [3.8, 4) is 0 Å². The molecule has 1 aromatic carbocycles. The predicted molar refractivity (Wildman–Crippen MR) is 151 cm³/mol. The number of nitrogens with zero attached hydrogens (tertiary/aromatic N) is 2. The molecule has 3 amide bonds. The number of pyridine rings is 1. The van der Waals surface area contributed by atoms with Gasteiger partial charge in [-0.1, -0.05) is 32.1 Å². The van der Waals surface area contributed by atoms with Gasteiger partial charge in [0.15, 0.2) is 6.10 Å². The third kappa shape index (κ3) is 6.50. The number of ether oxygens (including phenoxy) is 1. The zero-order valence-corrected chi connectivity index (χ0v) is 24.0. The van der Waals surface area contributed by atoms with Gasteiger partial charge in [0.2, 0.25) is 5.91 Å². The lowest BCUT2D eigenvalue weighted by molar-refractivity contribution is -0.165. The summed E-state index contributed by atoms with van der Waals surface area (Å²) in [5.74, 6) is -2.03. The van der Waals surface area contributed by atoms with Crippen molar-refractivity contribution >= 4 is 40.5 Å². The van der Waals surface area contributed by atoms with Gasteiger partial charge in [0.05, 0.1) is 17.2 Å². The molecule has 10 nitrogen and oxygen atoms in total. The molecule has 3 N–H and O–H groups in total. The van der Waals surface area contributed by atoms with Crippen LogP contribution in [0.3, 0.4) is 0 Å². The van der Waals surface area contributed by atoms with E-state index < -0.39 is 35.5 Å². The van der Waals surface area contributed by atoms with Gasteiger partial charge in [0.25, 0.3) is 11.8 Å². The van der Waals surface area contributed by atoms with E-state index in [2.05, 4.69) is 21.0 Å². The molecule has 0 radical (unpaired) electrons. The van der Waals surface area contributed by atoms with Crippen molar-refractivity contribution in [1.29, 1.82) is 0 Å². The summed E-state index contributed by atoms with van der Waals surface area (Å²) < 4.78 is 5.69. The molecular formula is C30H39N5O5. The number of hydrogen-bond donors (Lipinski definition) is 3. The second-order valence-corrected chi connectivity index (χ2v) is 11.6. The number of amides is 3. The molecule has 0 aliphatic carbocycles. The lowest BCUT2D eigenvalue weighted by Gasteiger charge is -2.35. The molecule has 1 unspecified atom stereocenters. The summed E-state index contributed by atoms with van der Waals surface area (Å²) in [5.41, 5.74) is 3.57. The van der Waals surface area contributed by atoms with Crippen LogP contribution in [0.5, 0.6) is 0 Å². The molecule has 1 saturated heterocycles. The van der Waals surface area contributed by atoms with Gasteiger partial charge in [-0.2, -0.15) is 0 Å². The van der Waals surface area contributed by atoms with E-state index in [1.165, 1.54) is 5.01 Å². The second-order valence-electron chi connectivity index (χ2n) is 11.6. The van der Waals surface area contributed by atoms with Gasteiger partial charge in [-0.15, -0.1) is 0 Å². The molecular weight excluding hydrogens is 510 g/mol. The quantitative estimate of drug-likeness (QED) is 0.466. The summed E-state index contributed by atoms with van der Waals surface area (Å²) >= 11 is 0. The molecule has 10 heteroatoms. The summed E-state index contributed by atoms with van der Waals surface area (Å²) in [7, 11) is 0. The van der Waals surface area contributed by atoms with Gasteiger partial charge < -0.3 is 15.4 Å².